The Kier molecular flexibility index (Phi) is 2.84. The van der Waals surface area contributed by atoms with E-state index in [-0.39, 0.29) is 5.56 Å². The van der Waals surface area contributed by atoms with Crippen molar-refractivity contribution < 1.29 is 4.74 Å². The van der Waals surface area contributed by atoms with Gasteiger partial charge < -0.3 is 9.72 Å². The van der Waals surface area contributed by atoms with Gasteiger partial charge in [-0.3, -0.25) is 4.79 Å². The van der Waals surface area contributed by atoms with Crippen LogP contribution in [-0.2, 0) is 6.42 Å². The number of aromatic amines is 1. The maximum Gasteiger partial charge on any atom is 0.254 e. The van der Waals surface area contributed by atoms with Gasteiger partial charge in [-0.2, -0.15) is 0 Å². The van der Waals surface area contributed by atoms with E-state index in [1.807, 2.05) is 19.1 Å². The zero-order valence-corrected chi connectivity index (χ0v) is 12.1. The van der Waals surface area contributed by atoms with Crippen LogP contribution in [0.4, 0.5) is 0 Å². The quantitative estimate of drug-likeness (QED) is 0.921. The molecular formula is C17H18N2O2. The number of nitrogens with zero attached hydrogens (tertiary/aromatic N) is 1. The summed E-state index contributed by atoms with van der Waals surface area (Å²) < 4.78 is 5.87. The van der Waals surface area contributed by atoms with Crippen LogP contribution < -0.4 is 10.3 Å². The lowest BCUT2D eigenvalue weighted by atomic mass is 9.99. The van der Waals surface area contributed by atoms with Crippen molar-refractivity contribution in [3.05, 3.63) is 45.5 Å². The van der Waals surface area contributed by atoms with Gasteiger partial charge in [-0.05, 0) is 44.2 Å². The molecule has 1 aromatic carbocycles. The molecule has 0 unspecified atom stereocenters. The van der Waals surface area contributed by atoms with Crippen LogP contribution in [0, 0.1) is 6.92 Å². The average Bonchev–Trinajstić information content (AvgIpc) is 3.34. The second-order valence-electron chi connectivity index (χ2n) is 5.94. The number of aryl methyl sites for hydroxylation is 1. The van der Waals surface area contributed by atoms with Gasteiger partial charge in [-0.15, -0.1) is 0 Å². The van der Waals surface area contributed by atoms with E-state index >= 15 is 0 Å². The minimum Gasteiger partial charge on any atom is -0.493 e. The number of fused-ring (bicyclic) bond motifs is 1. The number of aromatic nitrogens is 2. The molecule has 0 bridgehead atoms. The van der Waals surface area contributed by atoms with E-state index in [0.717, 1.165) is 55.1 Å². The van der Waals surface area contributed by atoms with Crippen LogP contribution in [0.15, 0.2) is 23.0 Å². The summed E-state index contributed by atoms with van der Waals surface area (Å²) in [5.41, 5.74) is 3.59. The van der Waals surface area contributed by atoms with Crippen molar-refractivity contribution in [3.8, 4) is 17.0 Å². The Morgan fingerprint density at radius 1 is 1.33 bits per heavy atom. The largest absolute Gasteiger partial charge is 0.493 e. The summed E-state index contributed by atoms with van der Waals surface area (Å²) in [7, 11) is 0. The predicted octanol–water partition coefficient (Wildman–Crippen LogP) is 2.95. The maximum absolute atomic E-state index is 12.2. The number of H-pyrrole nitrogens is 1. The molecule has 0 atom stereocenters. The first kappa shape index (κ1) is 12.6. The summed E-state index contributed by atoms with van der Waals surface area (Å²) in [5.74, 6) is 2.17. The van der Waals surface area contributed by atoms with Gasteiger partial charge in [0.25, 0.3) is 5.56 Å². The fourth-order valence-electron chi connectivity index (χ4n) is 2.94. The van der Waals surface area contributed by atoms with Crippen LogP contribution in [-0.4, -0.2) is 16.6 Å². The topological polar surface area (TPSA) is 55.0 Å². The minimum absolute atomic E-state index is 0.0321. The smallest absolute Gasteiger partial charge is 0.254 e. The SMILES string of the molecule is Cc1c(-c2cccc3c2OCCC3)nc(C2CC2)[nH]c1=O. The summed E-state index contributed by atoms with van der Waals surface area (Å²) in [5, 5.41) is 0. The van der Waals surface area contributed by atoms with E-state index in [1.54, 1.807) is 0 Å². The lowest BCUT2D eigenvalue weighted by molar-refractivity contribution is 0.289. The molecule has 1 N–H and O–H groups in total. The summed E-state index contributed by atoms with van der Waals surface area (Å²) >= 11 is 0. The van der Waals surface area contributed by atoms with Crippen molar-refractivity contribution >= 4 is 0 Å². The Labute approximate surface area is 123 Å². The number of hydrogen-bond donors (Lipinski definition) is 1. The Bertz CT molecular complexity index is 760. The normalized spacial score (nSPS) is 17.2. The lowest BCUT2D eigenvalue weighted by Crippen LogP contribution is -2.17. The highest BCUT2D eigenvalue weighted by Crippen LogP contribution is 2.40. The predicted molar refractivity (Wildman–Crippen MR) is 80.8 cm³/mol. The monoisotopic (exact) mass is 282 g/mol. The first-order chi connectivity index (χ1) is 10.2. The number of ether oxygens (including phenoxy) is 1. The Morgan fingerprint density at radius 3 is 3.00 bits per heavy atom. The van der Waals surface area contributed by atoms with Gasteiger partial charge >= 0.3 is 0 Å². The molecule has 21 heavy (non-hydrogen) atoms. The van der Waals surface area contributed by atoms with E-state index in [2.05, 4.69) is 11.1 Å². The third-order valence-corrected chi connectivity index (χ3v) is 4.32. The molecule has 2 aromatic rings. The van der Waals surface area contributed by atoms with Crippen LogP contribution in [0.25, 0.3) is 11.3 Å². The highest BCUT2D eigenvalue weighted by Gasteiger charge is 2.28. The molecule has 108 valence electrons. The summed E-state index contributed by atoms with van der Waals surface area (Å²) in [6.45, 7) is 2.57. The number of para-hydroxylation sites is 1. The molecule has 2 heterocycles. The maximum atomic E-state index is 12.2. The fraction of sp³-hybridized carbons (Fsp3) is 0.412. The van der Waals surface area contributed by atoms with Gasteiger partial charge in [0, 0.05) is 17.0 Å². The van der Waals surface area contributed by atoms with Crippen LogP contribution in [0.2, 0.25) is 0 Å². The number of hydrogen-bond acceptors (Lipinski definition) is 3. The molecule has 1 aliphatic heterocycles. The van der Waals surface area contributed by atoms with Crippen molar-refractivity contribution in [2.75, 3.05) is 6.61 Å². The second kappa shape index (κ2) is 4.72. The Morgan fingerprint density at radius 2 is 2.19 bits per heavy atom. The standard InChI is InChI=1S/C17H18N2O2/c1-10-14(18-16(12-7-8-12)19-17(10)20)13-6-2-4-11-5-3-9-21-15(11)13/h2,4,6,12H,3,5,7-9H2,1H3,(H,18,19,20). The van der Waals surface area contributed by atoms with Crippen molar-refractivity contribution in [1.82, 2.24) is 9.97 Å². The van der Waals surface area contributed by atoms with Crippen molar-refractivity contribution in [1.29, 1.82) is 0 Å². The molecule has 4 nitrogen and oxygen atoms in total. The molecule has 4 heteroatoms. The third-order valence-electron chi connectivity index (χ3n) is 4.32. The molecular weight excluding hydrogens is 264 g/mol. The Hall–Kier alpha value is -2.10. The zero-order valence-electron chi connectivity index (χ0n) is 12.1. The van der Waals surface area contributed by atoms with Crippen LogP contribution in [0.3, 0.4) is 0 Å². The van der Waals surface area contributed by atoms with Gasteiger partial charge in [0.1, 0.15) is 11.6 Å². The van der Waals surface area contributed by atoms with Crippen molar-refractivity contribution in [2.24, 2.45) is 0 Å². The number of benzene rings is 1. The second-order valence-corrected chi connectivity index (χ2v) is 5.94. The zero-order chi connectivity index (χ0) is 14.4. The summed E-state index contributed by atoms with van der Waals surface area (Å²) in [4.78, 5) is 19.9. The van der Waals surface area contributed by atoms with Gasteiger partial charge in [0.05, 0.1) is 12.3 Å². The van der Waals surface area contributed by atoms with Crippen LogP contribution in [0.5, 0.6) is 5.75 Å². The van der Waals surface area contributed by atoms with E-state index in [9.17, 15) is 4.79 Å². The molecule has 0 radical (unpaired) electrons. The van der Waals surface area contributed by atoms with E-state index in [0.29, 0.717) is 11.5 Å². The molecule has 0 saturated heterocycles. The highest BCUT2D eigenvalue weighted by atomic mass is 16.5. The van der Waals surface area contributed by atoms with E-state index in [4.69, 9.17) is 9.72 Å². The molecule has 1 aliphatic carbocycles. The average molecular weight is 282 g/mol. The first-order valence-corrected chi connectivity index (χ1v) is 7.60. The van der Waals surface area contributed by atoms with Crippen molar-refractivity contribution in [3.63, 3.8) is 0 Å². The molecule has 4 rings (SSSR count). The first-order valence-electron chi connectivity index (χ1n) is 7.60. The lowest BCUT2D eigenvalue weighted by Gasteiger charge is -2.20. The molecule has 0 amide bonds. The Balaban J connectivity index is 1.92. The van der Waals surface area contributed by atoms with Gasteiger partial charge in [-0.25, -0.2) is 4.98 Å². The molecule has 1 aromatic heterocycles. The summed E-state index contributed by atoms with van der Waals surface area (Å²) in [6.07, 6.45) is 4.32. The molecule has 0 spiro atoms. The van der Waals surface area contributed by atoms with E-state index < -0.39 is 0 Å². The minimum atomic E-state index is -0.0321. The number of nitrogens with one attached hydrogen (secondary N) is 1. The van der Waals surface area contributed by atoms with E-state index in [1.165, 1.54) is 5.56 Å². The molecule has 2 aliphatic rings. The third kappa shape index (κ3) is 2.15. The number of rotatable bonds is 2. The van der Waals surface area contributed by atoms with Crippen LogP contribution in [0.1, 0.15) is 42.1 Å². The van der Waals surface area contributed by atoms with Gasteiger partial charge in [0.2, 0.25) is 0 Å². The van der Waals surface area contributed by atoms with Gasteiger partial charge in [0.15, 0.2) is 0 Å². The highest BCUT2D eigenvalue weighted by molar-refractivity contribution is 5.71. The van der Waals surface area contributed by atoms with Gasteiger partial charge in [-0.1, -0.05) is 12.1 Å². The fourth-order valence-corrected chi connectivity index (χ4v) is 2.94. The van der Waals surface area contributed by atoms with Crippen molar-refractivity contribution in [2.45, 2.75) is 38.5 Å². The summed E-state index contributed by atoms with van der Waals surface area (Å²) in [6, 6.07) is 6.14. The molecule has 1 fully saturated rings. The molecule has 1 saturated carbocycles. The van der Waals surface area contributed by atoms with Crippen LogP contribution >= 0.6 is 0 Å².